The van der Waals surface area contributed by atoms with Crippen LogP contribution in [0.1, 0.15) is 36.0 Å². The maximum atomic E-state index is 13.9. The average Bonchev–Trinajstić information content (AvgIpc) is 3.76. The number of carbonyl (C=O) groups excluding carboxylic acids is 1. The lowest BCUT2D eigenvalue weighted by molar-refractivity contribution is -0.228. The number of carbonyl (C=O) groups is 2. The fraction of sp³-hybridized carbons (Fsp3) is 0.364. The summed E-state index contributed by atoms with van der Waals surface area (Å²) in [6.45, 7) is 3.89. The van der Waals surface area contributed by atoms with Gasteiger partial charge in [-0.25, -0.2) is 28.5 Å². The van der Waals surface area contributed by atoms with Crippen LogP contribution in [-0.4, -0.2) is 88.6 Å². The van der Waals surface area contributed by atoms with Crippen LogP contribution in [-0.2, 0) is 14.3 Å². The molecule has 0 saturated carbocycles. The molecule has 0 unspecified atom stereocenters. The molecule has 3 aliphatic heterocycles. The van der Waals surface area contributed by atoms with E-state index in [0.29, 0.717) is 43.2 Å². The van der Waals surface area contributed by atoms with Crippen molar-refractivity contribution in [1.29, 1.82) is 0 Å². The number of aliphatic carboxylic acids is 1. The number of hydrogen-bond acceptors (Lipinski definition) is 11. The smallest absolute Gasteiger partial charge is 0.326 e. The molecule has 0 aliphatic carbocycles. The first kappa shape index (κ1) is 31.4. The second-order valence-electron chi connectivity index (χ2n) is 12.0. The van der Waals surface area contributed by atoms with E-state index in [2.05, 4.69) is 14.9 Å². The van der Waals surface area contributed by atoms with Gasteiger partial charge < -0.3 is 39.3 Å². The lowest BCUT2D eigenvalue weighted by Crippen LogP contribution is -2.68. The van der Waals surface area contributed by atoms with E-state index in [1.165, 1.54) is 17.2 Å². The summed E-state index contributed by atoms with van der Waals surface area (Å²) in [4.78, 5) is 40.6. The Bertz CT molecular complexity index is 1840. The zero-order valence-electron chi connectivity index (χ0n) is 25.8. The van der Waals surface area contributed by atoms with Crippen LogP contribution in [0.15, 0.2) is 65.4 Å². The number of carboxylic acids is 1. The summed E-state index contributed by atoms with van der Waals surface area (Å²) in [6.07, 6.45) is -0.665. The number of pyridine rings is 1. The summed E-state index contributed by atoms with van der Waals surface area (Å²) < 4.78 is 51.2. The minimum Gasteiger partial charge on any atom is -0.480 e. The topological polar surface area (TPSA) is 166 Å². The van der Waals surface area contributed by atoms with E-state index in [0.717, 1.165) is 5.56 Å². The third kappa shape index (κ3) is 5.79. The van der Waals surface area contributed by atoms with Crippen LogP contribution in [0.3, 0.4) is 0 Å². The summed E-state index contributed by atoms with van der Waals surface area (Å²) >= 11 is 0. The van der Waals surface area contributed by atoms with Crippen molar-refractivity contribution in [1.82, 2.24) is 15.0 Å². The Morgan fingerprint density at radius 3 is 2.62 bits per heavy atom. The Hall–Kier alpha value is -5.15. The molecule has 250 valence electrons. The minimum atomic E-state index is -2.99. The van der Waals surface area contributed by atoms with Gasteiger partial charge in [0.05, 0.1) is 38.7 Å². The van der Waals surface area contributed by atoms with E-state index in [9.17, 15) is 23.5 Å². The van der Waals surface area contributed by atoms with Crippen molar-refractivity contribution < 1.29 is 42.1 Å². The van der Waals surface area contributed by atoms with Crippen LogP contribution >= 0.6 is 0 Å². The molecule has 1 spiro atoms. The molecule has 48 heavy (non-hydrogen) atoms. The van der Waals surface area contributed by atoms with Crippen LogP contribution in [0.4, 0.5) is 20.3 Å². The first-order valence-corrected chi connectivity index (χ1v) is 15.4. The van der Waals surface area contributed by atoms with E-state index in [1.54, 1.807) is 36.5 Å². The summed E-state index contributed by atoms with van der Waals surface area (Å²) in [5.74, 6) is -1.96. The predicted octanol–water partition coefficient (Wildman–Crippen LogP) is 3.94. The first-order chi connectivity index (χ1) is 23.1. The van der Waals surface area contributed by atoms with Gasteiger partial charge in [0.2, 0.25) is 11.8 Å². The number of alkyl halides is 2. The highest BCUT2D eigenvalue weighted by molar-refractivity contribution is 5.94. The fourth-order valence-corrected chi connectivity index (χ4v) is 6.43. The molecule has 7 rings (SSSR count). The molecular weight excluding hydrogens is 630 g/mol. The normalized spacial score (nSPS) is 21.8. The molecule has 13 nitrogen and oxygen atoms in total. The van der Waals surface area contributed by atoms with Gasteiger partial charge in [0, 0.05) is 36.4 Å². The van der Waals surface area contributed by atoms with Crippen molar-refractivity contribution >= 4 is 23.4 Å². The largest absolute Gasteiger partial charge is 0.480 e. The highest BCUT2D eigenvalue weighted by Crippen LogP contribution is 2.41. The van der Waals surface area contributed by atoms with E-state index in [4.69, 9.17) is 29.3 Å². The second kappa shape index (κ2) is 12.5. The van der Waals surface area contributed by atoms with Gasteiger partial charge in [0.1, 0.15) is 34.9 Å². The van der Waals surface area contributed by atoms with Crippen LogP contribution in [0.2, 0.25) is 0 Å². The van der Waals surface area contributed by atoms with Gasteiger partial charge in [-0.1, -0.05) is 12.1 Å². The number of morpholine rings is 1. The molecule has 3 aliphatic rings. The average molecular weight is 663 g/mol. The minimum absolute atomic E-state index is 0.0109. The monoisotopic (exact) mass is 662 g/mol. The number of rotatable bonds is 9. The summed E-state index contributed by atoms with van der Waals surface area (Å²) in [5.41, 5.74) is 7.55. The molecule has 1 aromatic carbocycles. The highest BCUT2D eigenvalue weighted by Gasteiger charge is 2.50. The number of primary amides is 1. The van der Waals surface area contributed by atoms with Crippen molar-refractivity contribution in [3.05, 3.63) is 72.4 Å². The maximum absolute atomic E-state index is 13.9. The van der Waals surface area contributed by atoms with Crippen molar-refractivity contribution in [2.75, 3.05) is 42.7 Å². The zero-order chi connectivity index (χ0) is 33.6. The fourth-order valence-electron chi connectivity index (χ4n) is 6.43. The SMILES string of the molecule is C[C@@H]1N(c2cc(-c3cccc(C(N)=O)c3)cnc2O[C@H]2C[C@@H](C(=O)O)N(c3cc(-c4ccco4)nc(C(F)F)n3)C2)CCOC12COC2. The number of hydrogen-bond donors (Lipinski definition) is 2. The van der Waals surface area contributed by atoms with E-state index < -0.39 is 41.9 Å². The lowest BCUT2D eigenvalue weighted by Gasteiger charge is -2.53. The number of carboxylic acid groups (broad SMARTS) is 1. The molecule has 3 saturated heterocycles. The molecule has 4 aromatic rings. The molecule has 3 N–H and O–H groups in total. The number of aromatic nitrogens is 3. The quantitative estimate of drug-likeness (QED) is 0.266. The highest BCUT2D eigenvalue weighted by atomic mass is 19.3. The van der Waals surface area contributed by atoms with Gasteiger partial charge in [0.15, 0.2) is 11.6 Å². The second-order valence-corrected chi connectivity index (χ2v) is 12.0. The number of ether oxygens (including phenoxy) is 3. The van der Waals surface area contributed by atoms with Crippen molar-refractivity contribution in [2.24, 2.45) is 5.73 Å². The van der Waals surface area contributed by atoms with Crippen LogP contribution in [0.5, 0.6) is 5.88 Å². The number of nitrogens with two attached hydrogens (primary N) is 1. The summed E-state index contributed by atoms with van der Waals surface area (Å²) in [7, 11) is 0. The molecule has 3 atom stereocenters. The predicted molar refractivity (Wildman–Crippen MR) is 167 cm³/mol. The van der Waals surface area contributed by atoms with Gasteiger partial charge in [-0.2, -0.15) is 0 Å². The first-order valence-electron chi connectivity index (χ1n) is 15.4. The van der Waals surface area contributed by atoms with E-state index in [1.807, 2.05) is 19.1 Å². The zero-order valence-corrected chi connectivity index (χ0v) is 25.8. The Morgan fingerprint density at radius 1 is 1.10 bits per heavy atom. The molecule has 6 heterocycles. The van der Waals surface area contributed by atoms with Gasteiger partial charge >= 0.3 is 5.97 Å². The van der Waals surface area contributed by atoms with Gasteiger partial charge in [-0.15, -0.1) is 0 Å². The molecule has 3 aromatic heterocycles. The van der Waals surface area contributed by atoms with Crippen molar-refractivity contribution in [3.63, 3.8) is 0 Å². The lowest BCUT2D eigenvalue weighted by atomic mass is 9.90. The molecule has 1 amide bonds. The third-order valence-corrected chi connectivity index (χ3v) is 9.08. The van der Waals surface area contributed by atoms with E-state index >= 15 is 0 Å². The number of anilines is 2. The van der Waals surface area contributed by atoms with Crippen molar-refractivity contribution in [3.8, 4) is 28.5 Å². The van der Waals surface area contributed by atoms with Gasteiger partial charge in [-0.05, 0) is 42.8 Å². The Balaban J connectivity index is 1.23. The van der Waals surface area contributed by atoms with Gasteiger partial charge in [0.25, 0.3) is 6.43 Å². The van der Waals surface area contributed by atoms with Crippen LogP contribution in [0, 0.1) is 0 Å². The van der Waals surface area contributed by atoms with Crippen LogP contribution < -0.4 is 20.3 Å². The maximum Gasteiger partial charge on any atom is 0.326 e. The van der Waals surface area contributed by atoms with Gasteiger partial charge in [-0.3, -0.25) is 4.79 Å². The molecule has 15 heteroatoms. The van der Waals surface area contributed by atoms with Crippen molar-refractivity contribution in [2.45, 2.75) is 43.6 Å². The standard InChI is InChI=1S/C33H32F2N6O7/c1-18-33(16-45-17-33)47-9-7-40(18)24-11-21(19-4-2-5-20(10-19)29(36)42)14-37-31(24)48-22-12-25(32(43)44)41(15-22)27-13-23(26-6-3-8-46-26)38-30(39-27)28(34)35/h2-6,8,10-11,13-14,18,22,25,28H,7,9,12,15-17H2,1H3,(H2,36,42)(H,43,44)/t18-,22-,25-/m0/s1. The molecule has 0 bridgehead atoms. The number of nitrogens with zero attached hydrogens (tertiary/aromatic N) is 5. The Labute approximate surface area is 273 Å². The van der Waals surface area contributed by atoms with Crippen LogP contribution in [0.25, 0.3) is 22.6 Å². The number of benzene rings is 1. The Kier molecular flexibility index (Phi) is 8.17. The number of halogens is 2. The molecule has 3 fully saturated rings. The Morgan fingerprint density at radius 2 is 1.94 bits per heavy atom. The summed E-state index contributed by atoms with van der Waals surface area (Å²) in [5, 5.41) is 10.2. The molecule has 0 radical (unpaired) electrons. The number of amides is 1. The summed E-state index contributed by atoms with van der Waals surface area (Å²) in [6, 6.07) is 12.1. The molecular formula is C33H32F2N6O7. The third-order valence-electron chi connectivity index (χ3n) is 9.08. The van der Waals surface area contributed by atoms with E-state index in [-0.39, 0.29) is 42.2 Å². The number of furan rings is 1.